The van der Waals surface area contributed by atoms with Crippen molar-refractivity contribution >= 4 is 5.97 Å². The van der Waals surface area contributed by atoms with Crippen LogP contribution < -0.4 is 5.73 Å². The molecule has 0 aliphatic rings. The van der Waals surface area contributed by atoms with Crippen molar-refractivity contribution in [3.05, 3.63) is 29.3 Å². The van der Waals surface area contributed by atoms with Crippen LogP contribution in [0.2, 0.25) is 0 Å². The molecule has 0 heterocycles. The average molecular weight is 195 g/mol. The van der Waals surface area contributed by atoms with Crippen LogP contribution in [-0.4, -0.2) is 22.2 Å². The minimum Gasteiger partial charge on any atom is -0.508 e. The molecule has 1 rings (SSSR count). The summed E-state index contributed by atoms with van der Waals surface area (Å²) in [5.74, 6) is -0.812. The molecule has 1 aromatic carbocycles. The van der Waals surface area contributed by atoms with Crippen LogP contribution in [0.3, 0.4) is 0 Å². The van der Waals surface area contributed by atoms with Crippen molar-refractivity contribution in [1.29, 1.82) is 0 Å². The van der Waals surface area contributed by atoms with Crippen molar-refractivity contribution in [3.8, 4) is 5.75 Å². The fourth-order valence-corrected chi connectivity index (χ4v) is 1.19. The van der Waals surface area contributed by atoms with Gasteiger partial charge in [0.2, 0.25) is 0 Å². The number of phenolic OH excluding ortho intramolecular Hbond substituents is 1. The summed E-state index contributed by atoms with van der Waals surface area (Å²) in [6, 6.07) is 4.06. The molecular formula is C10H13NO3. The van der Waals surface area contributed by atoms with E-state index in [-0.39, 0.29) is 12.2 Å². The monoisotopic (exact) mass is 195 g/mol. The van der Waals surface area contributed by atoms with Gasteiger partial charge >= 0.3 is 5.97 Å². The van der Waals surface area contributed by atoms with E-state index in [4.69, 9.17) is 10.8 Å². The van der Waals surface area contributed by atoms with Crippen molar-refractivity contribution in [3.63, 3.8) is 0 Å². The van der Waals surface area contributed by atoms with Gasteiger partial charge in [-0.05, 0) is 30.5 Å². The van der Waals surface area contributed by atoms with Crippen molar-refractivity contribution < 1.29 is 15.0 Å². The van der Waals surface area contributed by atoms with E-state index >= 15 is 0 Å². The van der Waals surface area contributed by atoms with Gasteiger partial charge in [0.15, 0.2) is 0 Å². The Morgan fingerprint density at radius 3 is 2.71 bits per heavy atom. The van der Waals surface area contributed by atoms with Crippen molar-refractivity contribution in [2.75, 3.05) is 0 Å². The van der Waals surface area contributed by atoms with Crippen LogP contribution in [0.15, 0.2) is 18.2 Å². The number of benzene rings is 1. The first-order valence-electron chi connectivity index (χ1n) is 4.27. The van der Waals surface area contributed by atoms with Gasteiger partial charge in [0.1, 0.15) is 11.8 Å². The number of hydrogen-bond donors (Lipinski definition) is 3. The summed E-state index contributed by atoms with van der Waals surface area (Å²) in [4.78, 5) is 10.5. The number of aryl methyl sites for hydroxylation is 1. The molecule has 4 N–H and O–H groups in total. The highest BCUT2D eigenvalue weighted by molar-refractivity contribution is 5.73. The fraction of sp³-hybridized carbons (Fsp3) is 0.300. The predicted molar refractivity (Wildman–Crippen MR) is 52.2 cm³/mol. The van der Waals surface area contributed by atoms with E-state index < -0.39 is 12.0 Å². The standard InChI is InChI=1S/C10H13NO3/c1-6-4-7(2-3-9(6)12)5-8(11)10(13)14/h2-4,8,12H,5,11H2,1H3,(H,13,14)/t8-/m0/s1. The number of aromatic hydroxyl groups is 1. The van der Waals surface area contributed by atoms with Crippen LogP contribution in [0.4, 0.5) is 0 Å². The summed E-state index contributed by atoms with van der Waals surface area (Å²) < 4.78 is 0. The van der Waals surface area contributed by atoms with E-state index in [0.717, 1.165) is 11.1 Å². The Balaban J connectivity index is 2.78. The van der Waals surface area contributed by atoms with Crippen LogP contribution in [0, 0.1) is 6.92 Å². The van der Waals surface area contributed by atoms with Gasteiger partial charge in [-0.15, -0.1) is 0 Å². The molecule has 0 amide bonds. The Kier molecular flexibility index (Phi) is 3.09. The maximum atomic E-state index is 10.5. The second kappa shape index (κ2) is 4.11. The number of nitrogens with two attached hydrogens (primary N) is 1. The number of rotatable bonds is 3. The van der Waals surface area contributed by atoms with Gasteiger partial charge in [-0.1, -0.05) is 12.1 Å². The van der Waals surface area contributed by atoms with E-state index in [9.17, 15) is 9.90 Å². The molecule has 4 nitrogen and oxygen atoms in total. The maximum Gasteiger partial charge on any atom is 0.320 e. The average Bonchev–Trinajstić information content (AvgIpc) is 2.11. The molecule has 0 spiro atoms. The van der Waals surface area contributed by atoms with Crippen LogP contribution in [-0.2, 0) is 11.2 Å². The SMILES string of the molecule is Cc1cc(C[C@H](N)C(=O)O)ccc1O. The first-order valence-corrected chi connectivity index (χ1v) is 4.27. The van der Waals surface area contributed by atoms with Gasteiger partial charge in [0.05, 0.1) is 0 Å². The summed E-state index contributed by atoms with van der Waals surface area (Å²) in [5.41, 5.74) is 6.91. The topological polar surface area (TPSA) is 83.6 Å². The molecule has 1 atom stereocenters. The van der Waals surface area contributed by atoms with E-state index in [1.807, 2.05) is 0 Å². The fourth-order valence-electron chi connectivity index (χ4n) is 1.19. The lowest BCUT2D eigenvalue weighted by atomic mass is 10.0. The molecule has 1 aromatic rings. The molecule has 0 unspecified atom stereocenters. The quantitative estimate of drug-likeness (QED) is 0.661. The largest absolute Gasteiger partial charge is 0.508 e. The summed E-state index contributed by atoms with van der Waals surface area (Å²) in [6.07, 6.45) is 0.274. The minimum atomic E-state index is -1.02. The lowest BCUT2D eigenvalue weighted by Gasteiger charge is -2.07. The van der Waals surface area contributed by atoms with Crippen molar-refractivity contribution in [2.45, 2.75) is 19.4 Å². The Bertz CT molecular complexity index is 349. The maximum absolute atomic E-state index is 10.5. The predicted octanol–water partition coefficient (Wildman–Crippen LogP) is 0.655. The normalized spacial score (nSPS) is 12.4. The molecule has 0 fully saturated rings. The molecule has 0 aliphatic heterocycles. The number of carboxylic acid groups (broad SMARTS) is 1. The second-order valence-corrected chi connectivity index (χ2v) is 3.27. The Morgan fingerprint density at radius 2 is 2.21 bits per heavy atom. The zero-order chi connectivity index (χ0) is 10.7. The summed E-state index contributed by atoms with van der Waals surface area (Å²) in [7, 11) is 0. The molecule has 4 heteroatoms. The van der Waals surface area contributed by atoms with Gasteiger partial charge in [-0.3, -0.25) is 4.79 Å². The van der Waals surface area contributed by atoms with Crippen LogP contribution >= 0.6 is 0 Å². The third-order valence-electron chi connectivity index (χ3n) is 2.03. The lowest BCUT2D eigenvalue weighted by Crippen LogP contribution is -2.32. The van der Waals surface area contributed by atoms with Crippen molar-refractivity contribution in [2.24, 2.45) is 5.73 Å². The van der Waals surface area contributed by atoms with Crippen molar-refractivity contribution in [1.82, 2.24) is 0 Å². The number of aliphatic carboxylic acids is 1. The Morgan fingerprint density at radius 1 is 1.57 bits per heavy atom. The summed E-state index contributed by atoms with van der Waals surface area (Å²) in [5, 5.41) is 17.8. The highest BCUT2D eigenvalue weighted by Crippen LogP contribution is 2.17. The van der Waals surface area contributed by atoms with Gasteiger partial charge < -0.3 is 15.9 Å². The number of carboxylic acids is 1. The third-order valence-corrected chi connectivity index (χ3v) is 2.03. The third kappa shape index (κ3) is 2.47. The van der Waals surface area contributed by atoms with Crippen LogP contribution in [0.25, 0.3) is 0 Å². The summed E-state index contributed by atoms with van der Waals surface area (Å²) in [6.45, 7) is 1.76. The number of carbonyl (C=O) groups is 1. The molecule has 0 saturated carbocycles. The molecule has 76 valence electrons. The zero-order valence-corrected chi connectivity index (χ0v) is 7.90. The molecule has 0 radical (unpaired) electrons. The number of phenols is 1. The molecule has 0 saturated heterocycles. The highest BCUT2D eigenvalue weighted by atomic mass is 16.4. The lowest BCUT2D eigenvalue weighted by molar-refractivity contribution is -0.138. The van der Waals surface area contributed by atoms with Gasteiger partial charge in [0.25, 0.3) is 0 Å². The Labute approximate surface area is 82.0 Å². The highest BCUT2D eigenvalue weighted by Gasteiger charge is 2.12. The first kappa shape index (κ1) is 10.5. The first-order chi connectivity index (χ1) is 6.50. The summed E-state index contributed by atoms with van der Waals surface area (Å²) >= 11 is 0. The number of hydrogen-bond acceptors (Lipinski definition) is 3. The molecule has 0 aliphatic carbocycles. The zero-order valence-electron chi connectivity index (χ0n) is 7.90. The van der Waals surface area contributed by atoms with Crippen LogP contribution in [0.5, 0.6) is 5.75 Å². The van der Waals surface area contributed by atoms with Gasteiger partial charge in [-0.2, -0.15) is 0 Å². The molecule has 0 aromatic heterocycles. The smallest absolute Gasteiger partial charge is 0.320 e. The van der Waals surface area contributed by atoms with E-state index in [2.05, 4.69) is 0 Å². The Hall–Kier alpha value is -1.55. The van der Waals surface area contributed by atoms with Gasteiger partial charge in [-0.25, -0.2) is 0 Å². The van der Waals surface area contributed by atoms with Gasteiger partial charge in [0, 0.05) is 0 Å². The molecule has 14 heavy (non-hydrogen) atoms. The van der Waals surface area contributed by atoms with E-state index in [0.29, 0.717) is 0 Å². The molecular weight excluding hydrogens is 182 g/mol. The minimum absolute atomic E-state index is 0.206. The van der Waals surface area contributed by atoms with Crippen LogP contribution in [0.1, 0.15) is 11.1 Å². The molecule has 0 bridgehead atoms. The second-order valence-electron chi connectivity index (χ2n) is 3.27. The van der Waals surface area contributed by atoms with E-state index in [1.165, 1.54) is 0 Å². The van der Waals surface area contributed by atoms with E-state index in [1.54, 1.807) is 25.1 Å².